The normalized spacial score (nSPS) is 15.8. The summed E-state index contributed by atoms with van der Waals surface area (Å²) in [5.74, 6) is 0.0937. The van der Waals surface area contributed by atoms with Crippen molar-refractivity contribution in [3.05, 3.63) is 41.7 Å². The maximum absolute atomic E-state index is 12.8. The minimum Gasteiger partial charge on any atom is -0.484 e. The summed E-state index contributed by atoms with van der Waals surface area (Å²) in [4.78, 5) is 15.9. The van der Waals surface area contributed by atoms with Crippen molar-refractivity contribution in [1.29, 1.82) is 0 Å². The van der Waals surface area contributed by atoms with Gasteiger partial charge in [-0.2, -0.15) is 0 Å². The molecule has 0 unspecified atom stereocenters. The molecule has 1 aliphatic heterocycles. The summed E-state index contributed by atoms with van der Waals surface area (Å²) in [6.45, 7) is 7.12. The monoisotopic (exact) mass is 312 g/mol. The number of carbonyl (C=O) groups excluding carboxylic acids is 1. The molecule has 1 saturated heterocycles. The van der Waals surface area contributed by atoms with E-state index in [1.807, 2.05) is 0 Å². The Hall–Kier alpha value is -1.59. The maximum atomic E-state index is 12.8. The Morgan fingerprint density at radius 2 is 1.86 bits per heavy atom. The average molecular weight is 313 g/mol. The molecule has 0 bridgehead atoms. The van der Waals surface area contributed by atoms with Gasteiger partial charge in [0.2, 0.25) is 0 Å². The molecule has 114 valence electrons. The van der Waals surface area contributed by atoms with Crippen molar-refractivity contribution in [2.24, 2.45) is 0 Å². The average Bonchev–Trinajstić information content (AvgIpc) is 2.46. The van der Waals surface area contributed by atoms with E-state index in [2.05, 4.69) is 11.5 Å². The van der Waals surface area contributed by atoms with E-state index in [4.69, 9.17) is 16.3 Å². The third-order valence-corrected chi connectivity index (χ3v) is 3.42. The standard InChI is InChI=1S/C15H18ClFN2O2/c1-12(16)10-18-6-8-19(9-7-18)15(20)11-21-14-4-2-13(17)3-5-14/h2-5H,1,6-11H2. The first kappa shape index (κ1) is 15.8. The molecule has 0 atom stereocenters. The molecule has 1 aliphatic rings. The number of nitrogens with zero attached hydrogens (tertiary/aromatic N) is 2. The molecule has 1 aromatic carbocycles. The first-order chi connectivity index (χ1) is 10.0. The summed E-state index contributed by atoms with van der Waals surface area (Å²) in [6, 6.07) is 5.62. The van der Waals surface area contributed by atoms with Crippen LogP contribution in [-0.2, 0) is 4.79 Å². The Balaban J connectivity index is 1.74. The van der Waals surface area contributed by atoms with Crippen LogP contribution in [0.5, 0.6) is 5.75 Å². The Labute approximate surface area is 128 Å². The van der Waals surface area contributed by atoms with E-state index >= 15 is 0 Å². The van der Waals surface area contributed by atoms with Gasteiger partial charge in [0.25, 0.3) is 5.91 Å². The predicted octanol–water partition coefficient (Wildman–Crippen LogP) is 2.10. The van der Waals surface area contributed by atoms with Crippen molar-refractivity contribution in [3.8, 4) is 5.75 Å². The number of carbonyl (C=O) groups is 1. The van der Waals surface area contributed by atoms with Gasteiger partial charge in [-0.25, -0.2) is 4.39 Å². The van der Waals surface area contributed by atoms with Crippen LogP contribution in [0.25, 0.3) is 0 Å². The number of rotatable bonds is 5. The zero-order valence-electron chi connectivity index (χ0n) is 11.7. The maximum Gasteiger partial charge on any atom is 0.260 e. The van der Waals surface area contributed by atoms with Crippen molar-refractivity contribution in [1.82, 2.24) is 9.80 Å². The number of ether oxygens (including phenoxy) is 1. The molecule has 2 rings (SSSR count). The van der Waals surface area contributed by atoms with Crippen LogP contribution in [0.1, 0.15) is 0 Å². The first-order valence-electron chi connectivity index (χ1n) is 6.76. The Morgan fingerprint density at radius 3 is 2.43 bits per heavy atom. The molecule has 1 aromatic rings. The minimum absolute atomic E-state index is 0.0339. The fourth-order valence-corrected chi connectivity index (χ4v) is 2.33. The van der Waals surface area contributed by atoms with Crippen molar-refractivity contribution in [2.75, 3.05) is 39.3 Å². The molecule has 21 heavy (non-hydrogen) atoms. The second-order valence-corrected chi connectivity index (χ2v) is 5.45. The fraction of sp³-hybridized carbons (Fsp3) is 0.400. The second kappa shape index (κ2) is 7.43. The number of amides is 1. The zero-order valence-corrected chi connectivity index (χ0v) is 12.5. The summed E-state index contributed by atoms with van der Waals surface area (Å²) in [7, 11) is 0. The Bertz CT molecular complexity index is 499. The van der Waals surface area contributed by atoms with Crippen molar-refractivity contribution in [2.45, 2.75) is 0 Å². The third kappa shape index (κ3) is 5.02. The molecule has 1 heterocycles. The van der Waals surface area contributed by atoms with Crippen LogP contribution in [0, 0.1) is 5.82 Å². The van der Waals surface area contributed by atoms with Crippen LogP contribution in [0.4, 0.5) is 4.39 Å². The highest BCUT2D eigenvalue weighted by atomic mass is 35.5. The van der Waals surface area contributed by atoms with E-state index in [1.54, 1.807) is 4.90 Å². The lowest BCUT2D eigenvalue weighted by atomic mass is 10.3. The highest BCUT2D eigenvalue weighted by molar-refractivity contribution is 6.29. The van der Waals surface area contributed by atoms with Crippen LogP contribution in [0.2, 0.25) is 0 Å². The molecule has 0 N–H and O–H groups in total. The summed E-state index contributed by atoms with van der Waals surface area (Å²) < 4.78 is 18.1. The molecule has 6 heteroatoms. The SMILES string of the molecule is C=C(Cl)CN1CCN(C(=O)COc2ccc(F)cc2)CC1. The topological polar surface area (TPSA) is 32.8 Å². The van der Waals surface area contributed by atoms with Crippen LogP contribution in [0.15, 0.2) is 35.9 Å². The molecule has 0 radical (unpaired) electrons. The van der Waals surface area contributed by atoms with E-state index < -0.39 is 0 Å². The van der Waals surface area contributed by atoms with Crippen LogP contribution >= 0.6 is 11.6 Å². The summed E-state index contributed by atoms with van der Waals surface area (Å²) >= 11 is 5.78. The third-order valence-electron chi connectivity index (χ3n) is 3.30. The molecule has 0 saturated carbocycles. The molecule has 1 fully saturated rings. The van der Waals surface area contributed by atoms with Gasteiger partial charge >= 0.3 is 0 Å². The lowest BCUT2D eigenvalue weighted by molar-refractivity contribution is -0.135. The largest absolute Gasteiger partial charge is 0.484 e. The minimum atomic E-state index is -0.328. The molecule has 1 amide bonds. The second-order valence-electron chi connectivity index (χ2n) is 4.92. The van der Waals surface area contributed by atoms with Crippen molar-refractivity contribution in [3.63, 3.8) is 0 Å². The van der Waals surface area contributed by atoms with Gasteiger partial charge in [-0.15, -0.1) is 0 Å². The van der Waals surface area contributed by atoms with E-state index in [0.717, 1.165) is 13.1 Å². The predicted molar refractivity (Wildman–Crippen MR) is 79.9 cm³/mol. The van der Waals surface area contributed by atoms with Crippen LogP contribution in [0.3, 0.4) is 0 Å². The van der Waals surface area contributed by atoms with Gasteiger partial charge < -0.3 is 9.64 Å². The molecule has 4 nitrogen and oxygen atoms in total. The Kier molecular flexibility index (Phi) is 5.59. The molecule has 0 aromatic heterocycles. The van der Waals surface area contributed by atoms with Gasteiger partial charge in [0, 0.05) is 37.8 Å². The lowest BCUT2D eigenvalue weighted by Crippen LogP contribution is -2.50. The van der Waals surface area contributed by atoms with Gasteiger partial charge in [0.1, 0.15) is 11.6 Å². The van der Waals surface area contributed by atoms with Gasteiger partial charge in [-0.3, -0.25) is 9.69 Å². The highest BCUT2D eigenvalue weighted by Crippen LogP contribution is 2.12. The number of halogens is 2. The van der Waals surface area contributed by atoms with E-state index in [0.29, 0.717) is 30.4 Å². The van der Waals surface area contributed by atoms with Crippen LogP contribution < -0.4 is 4.74 Å². The molecule has 0 aliphatic carbocycles. The number of hydrogen-bond donors (Lipinski definition) is 0. The summed E-state index contributed by atoms with van der Waals surface area (Å²) in [5.41, 5.74) is 0. The van der Waals surface area contributed by atoms with Gasteiger partial charge in [-0.1, -0.05) is 18.2 Å². The molecule has 0 spiro atoms. The van der Waals surface area contributed by atoms with Gasteiger partial charge in [0.05, 0.1) is 0 Å². The number of piperazine rings is 1. The van der Waals surface area contributed by atoms with Crippen LogP contribution in [-0.4, -0.2) is 55.0 Å². The Morgan fingerprint density at radius 1 is 1.24 bits per heavy atom. The number of benzene rings is 1. The van der Waals surface area contributed by atoms with Crippen molar-refractivity contribution < 1.29 is 13.9 Å². The van der Waals surface area contributed by atoms with E-state index in [1.165, 1.54) is 24.3 Å². The summed E-state index contributed by atoms with van der Waals surface area (Å²) in [6.07, 6.45) is 0. The highest BCUT2D eigenvalue weighted by Gasteiger charge is 2.21. The molecular weight excluding hydrogens is 295 g/mol. The van der Waals surface area contributed by atoms with E-state index in [-0.39, 0.29) is 18.3 Å². The summed E-state index contributed by atoms with van der Waals surface area (Å²) in [5, 5.41) is 0.606. The van der Waals surface area contributed by atoms with Crippen molar-refractivity contribution >= 4 is 17.5 Å². The van der Waals surface area contributed by atoms with Gasteiger partial charge in [-0.05, 0) is 24.3 Å². The quantitative estimate of drug-likeness (QED) is 0.835. The smallest absolute Gasteiger partial charge is 0.260 e. The fourth-order valence-electron chi connectivity index (χ4n) is 2.17. The lowest BCUT2D eigenvalue weighted by Gasteiger charge is -2.34. The zero-order chi connectivity index (χ0) is 15.2. The first-order valence-corrected chi connectivity index (χ1v) is 7.14. The van der Waals surface area contributed by atoms with E-state index in [9.17, 15) is 9.18 Å². The number of hydrogen-bond acceptors (Lipinski definition) is 3. The molecular formula is C15H18ClFN2O2. The van der Waals surface area contributed by atoms with Gasteiger partial charge in [0.15, 0.2) is 6.61 Å².